The van der Waals surface area contributed by atoms with E-state index in [0.717, 1.165) is 10.7 Å². The summed E-state index contributed by atoms with van der Waals surface area (Å²) in [7, 11) is 0. The normalized spacial score (nSPS) is 11.8. The van der Waals surface area contributed by atoms with E-state index in [1.165, 1.54) is 189 Å². The average molecular weight is 957 g/mol. The lowest BCUT2D eigenvalue weighted by Crippen LogP contribution is -1.87. The highest BCUT2D eigenvalue weighted by atomic mass is 79.9. The van der Waals surface area contributed by atoms with Crippen molar-refractivity contribution in [1.29, 1.82) is 0 Å². The summed E-state index contributed by atoms with van der Waals surface area (Å²) in [5.41, 5.74) is 3.07. The maximum atomic E-state index is 3.81. The second kappa shape index (κ2) is 23.5. The Kier molecular flexibility index (Phi) is 20.3. The molecule has 4 rings (SSSR count). The summed E-state index contributed by atoms with van der Waals surface area (Å²) < 4.78 is 5.42. The van der Waals surface area contributed by atoms with Crippen molar-refractivity contribution in [2.75, 3.05) is 10.7 Å². The van der Waals surface area contributed by atoms with Gasteiger partial charge in [-0.05, 0) is 106 Å². The first kappa shape index (κ1) is 39.8. The van der Waals surface area contributed by atoms with E-state index < -0.39 is 0 Å². The van der Waals surface area contributed by atoms with Crippen molar-refractivity contribution in [3.8, 4) is 19.5 Å². The number of unbranched alkanes of at least 4 members (excludes halogenated alkanes) is 18. The molecule has 0 aromatic carbocycles. The fraction of sp³-hybridized carbons (Fsp3) is 0.632. The van der Waals surface area contributed by atoms with Gasteiger partial charge in [0.05, 0.1) is 7.57 Å². The minimum Gasteiger partial charge on any atom is -0.133 e. The van der Waals surface area contributed by atoms with E-state index in [9.17, 15) is 0 Å². The Hall–Kier alpha value is 0.980. The quantitative estimate of drug-likeness (QED) is 0.0435. The van der Waals surface area contributed by atoms with E-state index in [2.05, 4.69) is 88.0 Å². The SMILES string of the molecule is BrCCCCCCCCCCCCc1cc(Br)sc1-c1cc2sc(-c3sc(Br)cc3CCCCCCCCCCCCBr)cc2s1. The maximum Gasteiger partial charge on any atom is 0.0708 e. The fourth-order valence-corrected chi connectivity index (χ4v) is 13.1. The van der Waals surface area contributed by atoms with Gasteiger partial charge in [-0.1, -0.05) is 135 Å². The zero-order valence-electron chi connectivity index (χ0n) is 27.4. The molecule has 0 spiro atoms. The summed E-state index contributed by atoms with van der Waals surface area (Å²) in [6.45, 7) is 0. The number of halogens is 4. The molecule has 0 bridgehead atoms. The molecule has 4 aromatic rings. The highest BCUT2D eigenvalue weighted by molar-refractivity contribution is 9.11. The molecule has 46 heavy (non-hydrogen) atoms. The Labute approximate surface area is 329 Å². The molecule has 4 aromatic heterocycles. The molecular weight excluding hydrogens is 904 g/mol. The Bertz CT molecular complexity index is 1250. The van der Waals surface area contributed by atoms with Crippen LogP contribution < -0.4 is 0 Å². The summed E-state index contributed by atoms with van der Waals surface area (Å²) >= 11 is 22.5. The first-order valence-electron chi connectivity index (χ1n) is 17.8. The molecule has 0 atom stereocenters. The van der Waals surface area contributed by atoms with Crippen LogP contribution in [0.1, 0.15) is 140 Å². The van der Waals surface area contributed by atoms with Crippen molar-refractivity contribution in [3.05, 3.63) is 43.0 Å². The standard InChI is InChI=1S/C38H52Br4S4/c39-23-19-15-11-7-3-1-5-9-13-17-21-29-25-35(41)45-37(29)33-27-31-32(43-33)28-34(44-31)38-30(26-36(42)46-38)22-18-14-10-6-2-4-8-12-16-20-24-40/h25-28H,1-24H2. The summed E-state index contributed by atoms with van der Waals surface area (Å²) in [5.74, 6) is 0. The van der Waals surface area contributed by atoms with Gasteiger partial charge in [0.25, 0.3) is 0 Å². The molecule has 0 unspecified atom stereocenters. The van der Waals surface area contributed by atoms with Gasteiger partial charge < -0.3 is 0 Å². The van der Waals surface area contributed by atoms with Crippen molar-refractivity contribution in [2.45, 2.75) is 141 Å². The van der Waals surface area contributed by atoms with Gasteiger partial charge >= 0.3 is 0 Å². The topological polar surface area (TPSA) is 0 Å². The number of fused-ring (bicyclic) bond motifs is 1. The van der Waals surface area contributed by atoms with E-state index in [1.54, 1.807) is 0 Å². The van der Waals surface area contributed by atoms with Gasteiger partial charge in [-0.25, -0.2) is 0 Å². The molecule has 4 heterocycles. The predicted octanol–water partition coefficient (Wildman–Crippen LogP) is 17.6. The first-order valence-corrected chi connectivity index (χ1v) is 24.9. The number of hydrogen-bond donors (Lipinski definition) is 0. The number of alkyl halides is 2. The predicted molar refractivity (Wildman–Crippen MR) is 229 cm³/mol. The van der Waals surface area contributed by atoms with Crippen LogP contribution in [-0.4, -0.2) is 10.7 Å². The van der Waals surface area contributed by atoms with Crippen molar-refractivity contribution >= 4 is 118 Å². The van der Waals surface area contributed by atoms with Crippen molar-refractivity contribution in [3.63, 3.8) is 0 Å². The lowest BCUT2D eigenvalue weighted by atomic mass is 10.0. The Balaban J connectivity index is 1.22. The Morgan fingerprint density at radius 2 is 0.674 bits per heavy atom. The molecule has 0 N–H and O–H groups in total. The third-order valence-corrected chi connectivity index (χ3v) is 16.0. The number of hydrogen-bond acceptors (Lipinski definition) is 4. The van der Waals surface area contributed by atoms with Gasteiger partial charge in [-0.15, -0.1) is 45.3 Å². The number of thiophene rings is 4. The third-order valence-electron chi connectivity index (χ3n) is 8.87. The number of rotatable bonds is 26. The minimum atomic E-state index is 1.16. The molecule has 0 aliphatic rings. The molecule has 0 saturated carbocycles. The van der Waals surface area contributed by atoms with Crippen LogP contribution in [-0.2, 0) is 12.8 Å². The van der Waals surface area contributed by atoms with Crippen LogP contribution in [0.15, 0.2) is 31.8 Å². The van der Waals surface area contributed by atoms with Crippen molar-refractivity contribution in [2.24, 2.45) is 0 Å². The molecule has 0 aliphatic heterocycles. The Morgan fingerprint density at radius 1 is 0.370 bits per heavy atom. The van der Waals surface area contributed by atoms with E-state index in [1.807, 2.05) is 45.3 Å². The van der Waals surface area contributed by atoms with Crippen LogP contribution >= 0.6 is 109 Å². The zero-order valence-corrected chi connectivity index (χ0v) is 37.0. The van der Waals surface area contributed by atoms with E-state index in [-0.39, 0.29) is 0 Å². The van der Waals surface area contributed by atoms with Crippen LogP contribution in [0.25, 0.3) is 28.9 Å². The van der Waals surface area contributed by atoms with Gasteiger partial charge in [0.15, 0.2) is 0 Å². The zero-order chi connectivity index (χ0) is 32.4. The molecule has 0 amide bonds. The van der Waals surface area contributed by atoms with E-state index in [4.69, 9.17) is 0 Å². The van der Waals surface area contributed by atoms with Crippen LogP contribution in [0.3, 0.4) is 0 Å². The molecule has 0 nitrogen and oxygen atoms in total. The summed E-state index contributed by atoms with van der Waals surface area (Å²) in [6.07, 6.45) is 30.1. The third kappa shape index (κ3) is 13.9. The average Bonchev–Trinajstić information content (AvgIpc) is 3.81. The highest BCUT2D eigenvalue weighted by Crippen LogP contribution is 2.48. The second-order valence-electron chi connectivity index (χ2n) is 12.7. The van der Waals surface area contributed by atoms with Crippen molar-refractivity contribution < 1.29 is 0 Å². The van der Waals surface area contributed by atoms with Gasteiger partial charge in [-0.2, -0.15) is 0 Å². The van der Waals surface area contributed by atoms with E-state index >= 15 is 0 Å². The fourth-order valence-electron chi connectivity index (χ4n) is 6.29. The molecular formula is C38H52Br4S4. The van der Waals surface area contributed by atoms with Crippen LogP contribution in [0.2, 0.25) is 0 Å². The lowest BCUT2D eigenvalue weighted by Gasteiger charge is -2.04. The molecule has 0 saturated heterocycles. The monoisotopic (exact) mass is 952 g/mol. The van der Waals surface area contributed by atoms with Gasteiger partial charge in [0.2, 0.25) is 0 Å². The largest absolute Gasteiger partial charge is 0.133 e. The maximum absolute atomic E-state index is 3.81. The van der Waals surface area contributed by atoms with Gasteiger partial charge in [0, 0.05) is 39.6 Å². The summed E-state index contributed by atoms with van der Waals surface area (Å²) in [6, 6.07) is 9.71. The van der Waals surface area contributed by atoms with Crippen LogP contribution in [0.5, 0.6) is 0 Å². The highest BCUT2D eigenvalue weighted by Gasteiger charge is 2.17. The lowest BCUT2D eigenvalue weighted by molar-refractivity contribution is 0.557. The number of aryl methyl sites for hydroxylation is 2. The second-order valence-corrected chi connectivity index (χ2v) is 21.3. The summed E-state index contributed by atoms with van der Waals surface area (Å²) in [5, 5.41) is 2.32. The van der Waals surface area contributed by atoms with E-state index in [0.29, 0.717) is 0 Å². The Morgan fingerprint density at radius 3 is 1.00 bits per heavy atom. The smallest absolute Gasteiger partial charge is 0.0708 e. The van der Waals surface area contributed by atoms with Crippen molar-refractivity contribution in [1.82, 2.24) is 0 Å². The molecule has 256 valence electrons. The first-order chi connectivity index (χ1) is 22.6. The molecule has 0 radical (unpaired) electrons. The van der Waals surface area contributed by atoms with Crippen LogP contribution in [0.4, 0.5) is 0 Å². The van der Waals surface area contributed by atoms with Crippen LogP contribution in [0, 0.1) is 0 Å². The summed E-state index contributed by atoms with van der Waals surface area (Å²) in [4.78, 5) is 5.87. The van der Waals surface area contributed by atoms with Gasteiger partial charge in [0.1, 0.15) is 0 Å². The molecule has 0 fully saturated rings. The molecule has 0 aliphatic carbocycles. The minimum absolute atomic E-state index is 1.16. The van der Waals surface area contributed by atoms with Gasteiger partial charge in [-0.3, -0.25) is 0 Å². The molecule has 8 heteroatoms.